The lowest BCUT2D eigenvalue weighted by atomic mass is 10.2. The van der Waals surface area contributed by atoms with Crippen LogP contribution >= 0.6 is 0 Å². The molecular weight excluding hydrogens is 290 g/mol. The molecule has 0 spiro atoms. The van der Waals surface area contributed by atoms with E-state index in [1.165, 1.54) is 5.69 Å². The summed E-state index contributed by atoms with van der Waals surface area (Å²) in [7, 11) is 0. The van der Waals surface area contributed by atoms with Gasteiger partial charge in [0.15, 0.2) is 0 Å². The summed E-state index contributed by atoms with van der Waals surface area (Å²) in [6.07, 6.45) is 0. The highest BCUT2D eigenvalue weighted by molar-refractivity contribution is 5.53. The van der Waals surface area contributed by atoms with Crippen LogP contribution in [0.2, 0.25) is 0 Å². The van der Waals surface area contributed by atoms with Gasteiger partial charge in [-0.15, -0.1) is 4.91 Å². The molecule has 1 aliphatic rings. The van der Waals surface area contributed by atoms with Crippen molar-refractivity contribution in [2.24, 2.45) is 15.4 Å². The van der Waals surface area contributed by atoms with Gasteiger partial charge < -0.3 is 4.90 Å². The number of hydrogen-bond donors (Lipinski definition) is 0. The van der Waals surface area contributed by atoms with E-state index in [1.54, 1.807) is 0 Å². The highest BCUT2D eigenvalue weighted by Crippen LogP contribution is 2.23. The van der Waals surface area contributed by atoms with Crippen LogP contribution in [0, 0.1) is 4.91 Å². The maximum atomic E-state index is 10.3. The number of hydrogen-bond acceptors (Lipinski definition) is 6. The van der Waals surface area contributed by atoms with E-state index in [0.717, 1.165) is 37.6 Å². The second-order valence-corrected chi connectivity index (χ2v) is 5.43. The molecule has 0 bridgehead atoms. The summed E-state index contributed by atoms with van der Waals surface area (Å²) in [6, 6.07) is 17.8. The lowest BCUT2D eigenvalue weighted by Crippen LogP contribution is -2.46. The second-order valence-electron chi connectivity index (χ2n) is 5.43. The normalized spacial score (nSPS) is 15.9. The predicted octanol–water partition coefficient (Wildman–Crippen LogP) is 3.95. The quantitative estimate of drug-likeness (QED) is 0.620. The average molecular weight is 309 g/mol. The maximum Gasteiger partial charge on any atom is 0.134 e. The van der Waals surface area contributed by atoms with E-state index in [2.05, 4.69) is 37.3 Å². The molecule has 0 unspecified atom stereocenters. The van der Waals surface area contributed by atoms with Crippen LogP contribution in [0.1, 0.15) is 0 Å². The Kier molecular flexibility index (Phi) is 5.06. The molecule has 0 aromatic heterocycles. The Labute approximate surface area is 135 Å². The zero-order valence-corrected chi connectivity index (χ0v) is 12.9. The Hall–Kier alpha value is -2.60. The molecule has 0 saturated carbocycles. The minimum Gasteiger partial charge on any atom is -0.369 e. The first-order chi connectivity index (χ1) is 11.3. The smallest absolute Gasteiger partial charge is 0.134 e. The largest absolute Gasteiger partial charge is 0.369 e. The third-order valence-electron chi connectivity index (χ3n) is 3.88. The summed E-state index contributed by atoms with van der Waals surface area (Å²) in [4.78, 5) is 14.7. The molecule has 3 rings (SSSR count). The molecule has 118 valence electrons. The number of nitrogens with zero attached hydrogens (tertiary/aromatic N) is 5. The number of rotatable bonds is 5. The summed E-state index contributed by atoms with van der Waals surface area (Å²) < 4.78 is 0. The highest BCUT2D eigenvalue weighted by atomic mass is 16.3. The average Bonchev–Trinajstić information content (AvgIpc) is 2.62. The summed E-state index contributed by atoms with van der Waals surface area (Å²) in [5.74, 6) is 0. The number of benzene rings is 2. The third-order valence-corrected chi connectivity index (χ3v) is 3.88. The maximum absolute atomic E-state index is 10.3. The Morgan fingerprint density at radius 1 is 0.783 bits per heavy atom. The van der Waals surface area contributed by atoms with Gasteiger partial charge in [0.05, 0.1) is 11.4 Å². The summed E-state index contributed by atoms with van der Waals surface area (Å²) in [6.45, 7) is 3.82. The van der Waals surface area contributed by atoms with Gasteiger partial charge in [0.1, 0.15) is 6.67 Å². The van der Waals surface area contributed by atoms with E-state index in [-0.39, 0.29) is 6.67 Å². The molecule has 23 heavy (non-hydrogen) atoms. The van der Waals surface area contributed by atoms with E-state index in [9.17, 15) is 4.91 Å². The van der Waals surface area contributed by atoms with E-state index in [4.69, 9.17) is 0 Å². The molecule has 1 heterocycles. The Morgan fingerprint density at radius 3 is 2.00 bits per heavy atom. The zero-order chi connectivity index (χ0) is 15.9. The second kappa shape index (κ2) is 7.60. The third kappa shape index (κ3) is 4.20. The minimum absolute atomic E-state index is 0.284. The molecule has 0 N–H and O–H groups in total. The van der Waals surface area contributed by atoms with Gasteiger partial charge in [-0.25, -0.2) is 0 Å². The van der Waals surface area contributed by atoms with Gasteiger partial charge >= 0.3 is 0 Å². The van der Waals surface area contributed by atoms with Crippen molar-refractivity contribution >= 4 is 17.1 Å². The van der Waals surface area contributed by atoms with Gasteiger partial charge in [-0.05, 0) is 36.4 Å². The lowest BCUT2D eigenvalue weighted by molar-refractivity contribution is 0.265. The van der Waals surface area contributed by atoms with Crippen molar-refractivity contribution in [2.45, 2.75) is 0 Å². The fraction of sp³-hybridized carbons (Fsp3) is 0.294. The van der Waals surface area contributed by atoms with Crippen molar-refractivity contribution in [3.8, 4) is 0 Å². The standard InChI is InChI=1S/C17H19N5O/c23-18-14-21-10-12-22(13-11-21)17-8-6-16(7-9-17)20-19-15-4-2-1-3-5-15/h1-9H,10-14H2. The summed E-state index contributed by atoms with van der Waals surface area (Å²) in [5, 5.41) is 11.4. The molecule has 0 atom stereocenters. The molecule has 0 radical (unpaired) electrons. The molecule has 6 heteroatoms. The molecule has 1 aliphatic heterocycles. The number of anilines is 1. The first-order valence-electron chi connectivity index (χ1n) is 7.68. The predicted molar refractivity (Wildman–Crippen MR) is 91.5 cm³/mol. The van der Waals surface area contributed by atoms with Crippen LogP contribution in [0.3, 0.4) is 0 Å². The summed E-state index contributed by atoms with van der Waals surface area (Å²) >= 11 is 0. The highest BCUT2D eigenvalue weighted by Gasteiger charge is 2.16. The van der Waals surface area contributed by atoms with Gasteiger partial charge in [-0.3, -0.25) is 4.90 Å². The van der Waals surface area contributed by atoms with E-state index in [1.807, 2.05) is 42.5 Å². The first kappa shape index (κ1) is 15.3. The monoisotopic (exact) mass is 309 g/mol. The van der Waals surface area contributed by atoms with Crippen LogP contribution in [-0.2, 0) is 0 Å². The molecule has 0 aliphatic carbocycles. The fourth-order valence-corrected chi connectivity index (χ4v) is 2.57. The molecule has 2 aromatic carbocycles. The van der Waals surface area contributed by atoms with E-state index >= 15 is 0 Å². The SMILES string of the molecule is O=NCN1CCN(c2ccc(N=Nc3ccccc3)cc2)CC1. The Morgan fingerprint density at radius 2 is 1.39 bits per heavy atom. The van der Waals surface area contributed by atoms with Crippen molar-refractivity contribution in [1.82, 2.24) is 4.90 Å². The van der Waals surface area contributed by atoms with Crippen LogP contribution in [0.25, 0.3) is 0 Å². The molecule has 6 nitrogen and oxygen atoms in total. The zero-order valence-electron chi connectivity index (χ0n) is 12.9. The van der Waals surface area contributed by atoms with Crippen LogP contribution < -0.4 is 4.90 Å². The first-order valence-corrected chi connectivity index (χ1v) is 7.68. The molecule has 2 aromatic rings. The number of nitroso groups, excluding NO2 is 1. The van der Waals surface area contributed by atoms with E-state index < -0.39 is 0 Å². The molecule has 0 amide bonds. The lowest BCUT2D eigenvalue weighted by Gasteiger charge is -2.34. The molecule has 1 fully saturated rings. The topological polar surface area (TPSA) is 60.6 Å². The van der Waals surface area contributed by atoms with E-state index in [0.29, 0.717) is 0 Å². The van der Waals surface area contributed by atoms with Crippen LogP contribution in [0.5, 0.6) is 0 Å². The van der Waals surface area contributed by atoms with Crippen molar-refractivity contribution in [3.63, 3.8) is 0 Å². The number of piperazine rings is 1. The van der Waals surface area contributed by atoms with Crippen LogP contribution in [-0.4, -0.2) is 37.7 Å². The molecule has 1 saturated heterocycles. The fourth-order valence-electron chi connectivity index (χ4n) is 2.57. The van der Waals surface area contributed by atoms with Gasteiger partial charge in [0.25, 0.3) is 0 Å². The van der Waals surface area contributed by atoms with Crippen molar-refractivity contribution in [2.75, 3.05) is 37.7 Å². The van der Waals surface area contributed by atoms with Crippen LogP contribution in [0.15, 0.2) is 70.0 Å². The van der Waals surface area contributed by atoms with Crippen LogP contribution in [0.4, 0.5) is 17.1 Å². The van der Waals surface area contributed by atoms with Gasteiger partial charge in [0, 0.05) is 31.9 Å². The van der Waals surface area contributed by atoms with Crippen molar-refractivity contribution in [3.05, 3.63) is 59.5 Å². The Bertz CT molecular complexity index is 648. The minimum atomic E-state index is 0.284. The van der Waals surface area contributed by atoms with Gasteiger partial charge in [-0.1, -0.05) is 23.4 Å². The molecular formula is C17H19N5O. The van der Waals surface area contributed by atoms with Crippen molar-refractivity contribution in [1.29, 1.82) is 0 Å². The summed E-state index contributed by atoms with van der Waals surface area (Å²) in [5.41, 5.74) is 2.85. The number of azo groups is 1. The van der Waals surface area contributed by atoms with Crippen molar-refractivity contribution < 1.29 is 0 Å². The van der Waals surface area contributed by atoms with Gasteiger partial charge in [-0.2, -0.15) is 10.2 Å². The van der Waals surface area contributed by atoms with Gasteiger partial charge in [0.2, 0.25) is 0 Å². The Balaban J connectivity index is 1.59.